The van der Waals surface area contributed by atoms with Crippen LogP contribution < -0.4 is 15.4 Å². The van der Waals surface area contributed by atoms with E-state index in [0.29, 0.717) is 24.2 Å². The van der Waals surface area contributed by atoms with Gasteiger partial charge in [0.05, 0.1) is 19.5 Å². The molecule has 0 fully saturated rings. The first-order valence-corrected chi connectivity index (χ1v) is 5.93. The second kappa shape index (κ2) is 6.78. The number of amides is 1. The van der Waals surface area contributed by atoms with E-state index in [1.165, 1.54) is 0 Å². The van der Waals surface area contributed by atoms with E-state index < -0.39 is 0 Å². The standard InChI is InChI=1S/C12H20N4O2/c1-8(2)5-13-11(17)9(3)16-12-14-6-10(18-4)7-15-12/h6-9H,5H2,1-4H3,(H,13,17)(H,14,15,16). The molecule has 1 aromatic rings. The highest BCUT2D eigenvalue weighted by atomic mass is 16.5. The van der Waals surface area contributed by atoms with Crippen molar-refractivity contribution in [1.29, 1.82) is 0 Å². The van der Waals surface area contributed by atoms with Gasteiger partial charge in [0, 0.05) is 6.54 Å². The summed E-state index contributed by atoms with van der Waals surface area (Å²) in [6, 6.07) is -0.378. The lowest BCUT2D eigenvalue weighted by molar-refractivity contribution is -0.121. The molecule has 6 heteroatoms. The van der Waals surface area contributed by atoms with E-state index in [0.717, 1.165) is 0 Å². The van der Waals surface area contributed by atoms with E-state index in [2.05, 4.69) is 20.6 Å². The molecule has 1 atom stereocenters. The Balaban J connectivity index is 2.47. The average molecular weight is 252 g/mol. The summed E-state index contributed by atoms with van der Waals surface area (Å²) in [5.74, 6) is 1.35. The molecule has 0 saturated carbocycles. The summed E-state index contributed by atoms with van der Waals surface area (Å²) in [7, 11) is 1.55. The third-order valence-electron chi connectivity index (χ3n) is 2.29. The number of carbonyl (C=O) groups is 1. The largest absolute Gasteiger partial charge is 0.494 e. The number of nitrogens with zero attached hydrogens (tertiary/aromatic N) is 2. The van der Waals surface area contributed by atoms with Gasteiger partial charge in [-0.25, -0.2) is 9.97 Å². The Morgan fingerprint density at radius 3 is 2.44 bits per heavy atom. The molecule has 0 aromatic carbocycles. The van der Waals surface area contributed by atoms with Crippen LogP contribution in [0.2, 0.25) is 0 Å². The minimum atomic E-state index is -0.378. The van der Waals surface area contributed by atoms with Crippen molar-refractivity contribution < 1.29 is 9.53 Å². The number of ether oxygens (including phenoxy) is 1. The number of carbonyl (C=O) groups excluding carboxylic acids is 1. The Labute approximate surface area is 107 Å². The third-order valence-corrected chi connectivity index (χ3v) is 2.29. The van der Waals surface area contributed by atoms with Crippen molar-refractivity contribution in [2.45, 2.75) is 26.8 Å². The molecule has 2 N–H and O–H groups in total. The number of anilines is 1. The fourth-order valence-electron chi connectivity index (χ4n) is 1.21. The molecule has 0 bridgehead atoms. The van der Waals surface area contributed by atoms with E-state index in [-0.39, 0.29) is 11.9 Å². The lowest BCUT2D eigenvalue weighted by atomic mass is 10.2. The average Bonchev–Trinajstić information content (AvgIpc) is 2.36. The highest BCUT2D eigenvalue weighted by molar-refractivity contribution is 5.83. The van der Waals surface area contributed by atoms with Crippen LogP contribution in [0, 0.1) is 5.92 Å². The summed E-state index contributed by atoms with van der Waals surface area (Å²) >= 11 is 0. The topological polar surface area (TPSA) is 76.1 Å². The van der Waals surface area contributed by atoms with Crippen LogP contribution in [0.4, 0.5) is 5.95 Å². The first-order valence-electron chi connectivity index (χ1n) is 5.93. The lowest BCUT2D eigenvalue weighted by Gasteiger charge is -2.15. The Morgan fingerprint density at radius 2 is 1.94 bits per heavy atom. The van der Waals surface area contributed by atoms with Gasteiger partial charge < -0.3 is 15.4 Å². The highest BCUT2D eigenvalue weighted by Gasteiger charge is 2.13. The number of rotatable bonds is 6. The third kappa shape index (κ3) is 4.57. The molecule has 1 aromatic heterocycles. The monoisotopic (exact) mass is 252 g/mol. The minimum Gasteiger partial charge on any atom is -0.494 e. The van der Waals surface area contributed by atoms with Crippen molar-refractivity contribution in [3.8, 4) is 5.75 Å². The van der Waals surface area contributed by atoms with Crippen LogP contribution in [0.3, 0.4) is 0 Å². The van der Waals surface area contributed by atoms with Crippen LogP contribution in [0.25, 0.3) is 0 Å². The van der Waals surface area contributed by atoms with Crippen LogP contribution in [-0.4, -0.2) is 35.6 Å². The van der Waals surface area contributed by atoms with E-state index in [9.17, 15) is 4.79 Å². The second-order valence-electron chi connectivity index (χ2n) is 4.45. The molecule has 1 rings (SSSR count). The van der Waals surface area contributed by atoms with Crippen LogP contribution >= 0.6 is 0 Å². The molecule has 0 aliphatic rings. The van der Waals surface area contributed by atoms with E-state index in [4.69, 9.17) is 4.74 Å². The van der Waals surface area contributed by atoms with Gasteiger partial charge in [0.25, 0.3) is 0 Å². The van der Waals surface area contributed by atoms with Gasteiger partial charge in [0.2, 0.25) is 11.9 Å². The van der Waals surface area contributed by atoms with Crippen LogP contribution in [0.15, 0.2) is 12.4 Å². The van der Waals surface area contributed by atoms with Gasteiger partial charge >= 0.3 is 0 Å². The number of hydrogen-bond donors (Lipinski definition) is 2. The Kier molecular flexibility index (Phi) is 5.35. The molecule has 0 aliphatic carbocycles. The normalized spacial score (nSPS) is 12.1. The van der Waals surface area contributed by atoms with Gasteiger partial charge in [0.1, 0.15) is 6.04 Å². The molecular weight excluding hydrogens is 232 g/mol. The first kappa shape index (κ1) is 14.2. The highest BCUT2D eigenvalue weighted by Crippen LogP contribution is 2.07. The van der Waals surface area contributed by atoms with Gasteiger partial charge in [-0.1, -0.05) is 13.8 Å². The maximum Gasteiger partial charge on any atom is 0.242 e. The quantitative estimate of drug-likeness (QED) is 0.791. The van der Waals surface area contributed by atoms with Gasteiger partial charge in [-0.05, 0) is 12.8 Å². The molecule has 6 nitrogen and oxygen atoms in total. The summed E-state index contributed by atoms with van der Waals surface area (Å²) < 4.78 is 4.95. The second-order valence-corrected chi connectivity index (χ2v) is 4.45. The molecule has 1 heterocycles. The number of aromatic nitrogens is 2. The predicted octanol–water partition coefficient (Wildman–Crippen LogP) is 1.06. The molecule has 1 amide bonds. The zero-order valence-corrected chi connectivity index (χ0v) is 11.2. The summed E-state index contributed by atoms with van der Waals surface area (Å²) in [6.45, 7) is 6.52. The van der Waals surface area contributed by atoms with Crippen molar-refractivity contribution in [1.82, 2.24) is 15.3 Å². The molecule has 0 radical (unpaired) electrons. The molecule has 100 valence electrons. The van der Waals surface area contributed by atoms with Gasteiger partial charge in [-0.15, -0.1) is 0 Å². The zero-order chi connectivity index (χ0) is 13.5. The van der Waals surface area contributed by atoms with Crippen molar-refractivity contribution in [3.05, 3.63) is 12.4 Å². The zero-order valence-electron chi connectivity index (χ0n) is 11.2. The molecule has 0 aliphatic heterocycles. The van der Waals surface area contributed by atoms with Crippen LogP contribution in [0.1, 0.15) is 20.8 Å². The SMILES string of the molecule is COc1cnc(NC(C)C(=O)NCC(C)C)nc1. The van der Waals surface area contributed by atoms with Gasteiger partial charge in [-0.2, -0.15) is 0 Å². The summed E-state index contributed by atoms with van der Waals surface area (Å²) in [6.07, 6.45) is 3.10. The maximum atomic E-state index is 11.7. The van der Waals surface area contributed by atoms with Crippen molar-refractivity contribution in [2.75, 3.05) is 19.0 Å². The molecule has 0 spiro atoms. The number of methoxy groups -OCH3 is 1. The molecule has 18 heavy (non-hydrogen) atoms. The van der Waals surface area contributed by atoms with Gasteiger partial charge in [0.15, 0.2) is 5.75 Å². The first-order chi connectivity index (χ1) is 8.52. The van der Waals surface area contributed by atoms with E-state index in [1.807, 2.05) is 13.8 Å². The molecular formula is C12H20N4O2. The smallest absolute Gasteiger partial charge is 0.242 e. The Hall–Kier alpha value is -1.85. The number of nitrogens with one attached hydrogen (secondary N) is 2. The van der Waals surface area contributed by atoms with Crippen molar-refractivity contribution in [3.63, 3.8) is 0 Å². The van der Waals surface area contributed by atoms with Gasteiger partial charge in [-0.3, -0.25) is 4.79 Å². The Morgan fingerprint density at radius 1 is 1.33 bits per heavy atom. The van der Waals surface area contributed by atoms with Crippen molar-refractivity contribution in [2.24, 2.45) is 5.92 Å². The fraction of sp³-hybridized carbons (Fsp3) is 0.583. The van der Waals surface area contributed by atoms with E-state index >= 15 is 0 Å². The van der Waals surface area contributed by atoms with Crippen LogP contribution in [-0.2, 0) is 4.79 Å². The number of hydrogen-bond acceptors (Lipinski definition) is 5. The minimum absolute atomic E-state index is 0.0666. The fourth-order valence-corrected chi connectivity index (χ4v) is 1.21. The van der Waals surface area contributed by atoms with Crippen LogP contribution in [0.5, 0.6) is 5.75 Å². The maximum absolute atomic E-state index is 11.7. The van der Waals surface area contributed by atoms with E-state index in [1.54, 1.807) is 26.4 Å². The predicted molar refractivity (Wildman–Crippen MR) is 69.5 cm³/mol. The molecule has 0 saturated heterocycles. The summed E-state index contributed by atoms with van der Waals surface area (Å²) in [5, 5.41) is 5.77. The summed E-state index contributed by atoms with van der Waals surface area (Å²) in [5.41, 5.74) is 0. The van der Waals surface area contributed by atoms with Crippen molar-refractivity contribution >= 4 is 11.9 Å². The molecule has 1 unspecified atom stereocenters. The lowest BCUT2D eigenvalue weighted by Crippen LogP contribution is -2.39. The Bertz CT molecular complexity index is 378. The summed E-state index contributed by atoms with van der Waals surface area (Å²) in [4.78, 5) is 19.8.